The Hall–Kier alpha value is -5.56. The fraction of sp³-hybridized carbons (Fsp3) is 0.364. The molecular formula is C44H52N6O6. The Morgan fingerprint density at radius 2 is 1.57 bits per heavy atom. The van der Waals surface area contributed by atoms with Gasteiger partial charge in [-0.25, -0.2) is 4.98 Å². The first-order chi connectivity index (χ1) is 26.9. The van der Waals surface area contributed by atoms with Crippen molar-refractivity contribution >= 4 is 28.8 Å². The molecule has 12 heteroatoms. The minimum Gasteiger partial charge on any atom is -0.497 e. The van der Waals surface area contributed by atoms with Crippen LogP contribution in [0.4, 0.5) is 0 Å². The normalized spacial score (nSPS) is 17.3. The van der Waals surface area contributed by atoms with Crippen molar-refractivity contribution in [3.05, 3.63) is 131 Å². The minimum absolute atomic E-state index is 0.101. The summed E-state index contributed by atoms with van der Waals surface area (Å²) in [4.78, 5) is 49.8. The molecule has 0 spiro atoms. The largest absolute Gasteiger partial charge is 0.497 e. The van der Waals surface area contributed by atoms with E-state index in [-0.39, 0.29) is 25.3 Å². The van der Waals surface area contributed by atoms with E-state index in [1.165, 1.54) is 0 Å². The number of para-hydroxylation sites is 2. The molecule has 1 aliphatic rings. The van der Waals surface area contributed by atoms with E-state index in [0.717, 1.165) is 33.3 Å². The molecule has 0 aliphatic heterocycles. The van der Waals surface area contributed by atoms with Crippen LogP contribution in [0.5, 0.6) is 5.75 Å². The molecule has 0 bridgehead atoms. The highest BCUT2D eigenvalue weighted by molar-refractivity contribution is 5.89. The van der Waals surface area contributed by atoms with Gasteiger partial charge in [0.2, 0.25) is 17.7 Å². The van der Waals surface area contributed by atoms with Crippen molar-refractivity contribution in [3.8, 4) is 5.75 Å². The Labute approximate surface area is 327 Å². The third kappa shape index (κ3) is 9.99. The zero-order valence-electron chi connectivity index (χ0n) is 32.3. The van der Waals surface area contributed by atoms with Gasteiger partial charge in [0.25, 0.3) is 0 Å². The molecule has 56 heavy (non-hydrogen) atoms. The number of aliphatic hydroxyl groups excluding tert-OH is 2. The van der Waals surface area contributed by atoms with Gasteiger partial charge in [0, 0.05) is 25.8 Å². The molecule has 4 aromatic carbocycles. The van der Waals surface area contributed by atoms with E-state index in [2.05, 4.69) is 31.2 Å². The molecule has 294 valence electrons. The number of hydrogen-bond acceptors (Lipinski definition) is 8. The first kappa shape index (κ1) is 40.1. The quantitative estimate of drug-likeness (QED) is 0.0788. The molecule has 7 N–H and O–H groups in total. The summed E-state index contributed by atoms with van der Waals surface area (Å²) >= 11 is 0. The number of rotatable bonds is 16. The lowest BCUT2D eigenvalue weighted by atomic mass is 9.85. The van der Waals surface area contributed by atoms with Gasteiger partial charge in [0.1, 0.15) is 23.7 Å². The number of methoxy groups -OCH3 is 1. The van der Waals surface area contributed by atoms with E-state index in [0.29, 0.717) is 24.4 Å². The molecule has 12 nitrogen and oxygen atoms in total. The van der Waals surface area contributed by atoms with Crippen LogP contribution >= 0.6 is 0 Å². The van der Waals surface area contributed by atoms with Crippen molar-refractivity contribution in [1.29, 1.82) is 0 Å². The number of H-pyrrole nitrogens is 1. The van der Waals surface area contributed by atoms with Gasteiger partial charge in [-0.1, -0.05) is 99.6 Å². The van der Waals surface area contributed by atoms with Crippen LogP contribution in [0.25, 0.3) is 11.0 Å². The van der Waals surface area contributed by atoms with Crippen LogP contribution in [0, 0.1) is 5.41 Å². The molecule has 0 radical (unpaired) electrons. The third-order valence-electron chi connectivity index (χ3n) is 10.3. The van der Waals surface area contributed by atoms with E-state index < -0.39 is 53.6 Å². The summed E-state index contributed by atoms with van der Waals surface area (Å²) in [6, 6.07) is 28.1. The molecule has 2 unspecified atom stereocenters. The minimum atomic E-state index is -1.45. The fourth-order valence-corrected chi connectivity index (χ4v) is 7.22. The summed E-state index contributed by atoms with van der Waals surface area (Å²) in [7, 11) is 1.58. The van der Waals surface area contributed by atoms with Crippen LogP contribution in [0.15, 0.2) is 103 Å². The summed E-state index contributed by atoms with van der Waals surface area (Å²) in [5, 5.41) is 35.5. The number of ether oxygens (including phenoxy) is 1. The van der Waals surface area contributed by atoms with E-state index in [4.69, 9.17) is 4.74 Å². The molecule has 5 aromatic rings. The molecular weight excluding hydrogens is 709 g/mol. The summed E-state index contributed by atoms with van der Waals surface area (Å²) in [5.41, 5.74) is 4.40. The van der Waals surface area contributed by atoms with E-state index in [1.807, 2.05) is 124 Å². The van der Waals surface area contributed by atoms with Crippen molar-refractivity contribution in [2.24, 2.45) is 5.41 Å². The fourth-order valence-electron chi connectivity index (χ4n) is 7.22. The number of aliphatic hydroxyl groups is 2. The highest BCUT2D eigenvalue weighted by atomic mass is 16.5. The van der Waals surface area contributed by atoms with Crippen molar-refractivity contribution in [2.75, 3.05) is 7.11 Å². The van der Waals surface area contributed by atoms with Gasteiger partial charge in [0.15, 0.2) is 0 Å². The molecule has 0 fully saturated rings. The highest BCUT2D eigenvalue weighted by Crippen LogP contribution is 2.31. The second-order valence-corrected chi connectivity index (χ2v) is 15.5. The van der Waals surface area contributed by atoms with Gasteiger partial charge in [-0.3, -0.25) is 19.7 Å². The van der Waals surface area contributed by atoms with Crippen LogP contribution in [-0.2, 0) is 40.2 Å². The van der Waals surface area contributed by atoms with E-state index in [1.54, 1.807) is 7.11 Å². The summed E-state index contributed by atoms with van der Waals surface area (Å²) in [6.07, 6.45) is -1.27. The van der Waals surface area contributed by atoms with Gasteiger partial charge in [-0.2, -0.15) is 0 Å². The maximum atomic E-state index is 14.3. The number of nitrogens with zero attached hydrogens (tertiary/aromatic N) is 1. The Bertz CT molecular complexity index is 2060. The predicted octanol–water partition coefficient (Wildman–Crippen LogP) is 4.06. The van der Waals surface area contributed by atoms with Gasteiger partial charge in [0.05, 0.1) is 42.4 Å². The number of hydrogen-bond donors (Lipinski definition) is 7. The lowest BCUT2D eigenvalue weighted by molar-refractivity contribution is -0.134. The molecule has 0 saturated carbocycles. The van der Waals surface area contributed by atoms with Crippen molar-refractivity contribution in [3.63, 3.8) is 0 Å². The van der Waals surface area contributed by atoms with Crippen LogP contribution in [0.3, 0.4) is 0 Å². The number of amides is 3. The molecule has 3 amide bonds. The molecule has 1 aliphatic carbocycles. The first-order valence-corrected chi connectivity index (χ1v) is 19.1. The number of imidazole rings is 1. The maximum Gasteiger partial charge on any atom is 0.243 e. The van der Waals surface area contributed by atoms with E-state index >= 15 is 0 Å². The van der Waals surface area contributed by atoms with E-state index in [9.17, 15) is 24.6 Å². The first-order valence-electron chi connectivity index (χ1n) is 19.1. The molecule has 1 aromatic heterocycles. The van der Waals surface area contributed by atoms with Gasteiger partial charge in [-0.05, 0) is 58.4 Å². The monoisotopic (exact) mass is 760 g/mol. The molecule has 0 saturated heterocycles. The third-order valence-corrected chi connectivity index (χ3v) is 10.3. The Morgan fingerprint density at radius 1 is 0.875 bits per heavy atom. The average molecular weight is 761 g/mol. The Kier molecular flexibility index (Phi) is 12.8. The summed E-state index contributed by atoms with van der Waals surface area (Å²) in [6.45, 7) is 5.78. The lowest BCUT2D eigenvalue weighted by Crippen LogP contribution is -2.62. The topological polar surface area (TPSA) is 178 Å². The smallest absolute Gasteiger partial charge is 0.243 e. The molecule has 6 rings (SSSR count). The van der Waals surface area contributed by atoms with Crippen molar-refractivity contribution < 1.29 is 29.3 Å². The average Bonchev–Trinajstić information content (AvgIpc) is 3.75. The SMILES string of the molecule is COc1ccc(CN[C@@H](C(=O)NC2c3ccccc3CC2O)[C@@H](O)[C@H](Cc2ccccc2)NC(=O)[C@@H](NC(=O)CCc2nc3ccccc3[nH]2)C(C)(C)C)cc1. The number of benzene rings is 4. The predicted molar refractivity (Wildman–Crippen MR) is 215 cm³/mol. The molecule has 6 atom stereocenters. The zero-order chi connectivity index (χ0) is 39.8. The van der Waals surface area contributed by atoms with Crippen molar-refractivity contribution in [1.82, 2.24) is 31.2 Å². The lowest BCUT2D eigenvalue weighted by Gasteiger charge is -2.35. The zero-order valence-corrected chi connectivity index (χ0v) is 32.3. The second-order valence-electron chi connectivity index (χ2n) is 15.5. The number of carbonyl (C=O) groups excluding carboxylic acids is 3. The molecule has 1 heterocycles. The van der Waals surface area contributed by atoms with Gasteiger partial charge >= 0.3 is 0 Å². The van der Waals surface area contributed by atoms with Crippen LogP contribution in [0.2, 0.25) is 0 Å². The highest BCUT2D eigenvalue weighted by Gasteiger charge is 2.40. The number of fused-ring (bicyclic) bond motifs is 2. The van der Waals surface area contributed by atoms with Crippen LogP contribution in [-0.4, -0.2) is 75.3 Å². The van der Waals surface area contributed by atoms with Gasteiger partial charge < -0.3 is 35.9 Å². The van der Waals surface area contributed by atoms with Crippen LogP contribution < -0.4 is 26.0 Å². The number of nitrogens with one attached hydrogen (secondary N) is 5. The Balaban J connectivity index is 1.23. The number of carbonyl (C=O) groups is 3. The second kappa shape index (κ2) is 17.9. The number of aryl methyl sites for hydroxylation is 1. The van der Waals surface area contributed by atoms with Crippen LogP contribution in [0.1, 0.15) is 61.3 Å². The number of aromatic amines is 1. The Morgan fingerprint density at radius 3 is 2.29 bits per heavy atom. The maximum absolute atomic E-state index is 14.3. The standard InChI is InChI=1S/C44H52N6O6/c1-44(2,3)41(49-37(52)23-22-36-46-32-16-10-11-17-33(32)47-36)43(55)48-34(24-27-12-6-5-7-13-27)40(53)39(45-26-28-18-20-30(56-4)21-19-28)42(54)50-38-31-15-9-8-14-29(31)25-35(38)51/h5-21,34-35,38-41,45,51,53H,22-26H2,1-4H3,(H,46,47)(H,48,55)(H,49,52)(H,50,54)/t34-,35?,38?,39+,40-,41+/m0/s1. The van der Waals surface area contributed by atoms with Crippen molar-refractivity contribution in [2.45, 2.75) is 89.4 Å². The summed E-state index contributed by atoms with van der Waals surface area (Å²) < 4.78 is 5.30. The number of aromatic nitrogens is 2. The summed E-state index contributed by atoms with van der Waals surface area (Å²) in [5.74, 6) is -0.00860. The van der Waals surface area contributed by atoms with Gasteiger partial charge in [-0.15, -0.1) is 0 Å².